The Morgan fingerprint density at radius 2 is 2.16 bits per heavy atom. The molecule has 1 aliphatic heterocycles. The third-order valence-corrected chi connectivity index (χ3v) is 3.98. The zero-order valence-corrected chi connectivity index (χ0v) is 15.8. The Balaban J connectivity index is 0.00000312. The molecule has 142 valence electrons. The Morgan fingerprint density at radius 3 is 2.88 bits per heavy atom. The molecule has 1 atom stereocenters. The summed E-state index contributed by atoms with van der Waals surface area (Å²) in [5.41, 5.74) is 2.95. The highest BCUT2D eigenvalue weighted by Crippen LogP contribution is 2.20. The van der Waals surface area contributed by atoms with Gasteiger partial charge in [0.25, 0.3) is 0 Å². The largest absolute Gasteiger partial charge is 0.379 e. The molecule has 1 saturated heterocycles. The van der Waals surface area contributed by atoms with E-state index in [2.05, 4.69) is 10.6 Å². The number of anilines is 1. The highest BCUT2D eigenvalue weighted by Gasteiger charge is 2.17. The molecule has 1 aromatic rings. The number of rotatable bonds is 9. The average molecular weight is 373 g/mol. The quantitative estimate of drug-likeness (QED) is 0.651. The van der Waals surface area contributed by atoms with Gasteiger partial charge in [-0.3, -0.25) is 4.79 Å². The number of ether oxygens (including phenoxy) is 3. The van der Waals surface area contributed by atoms with Crippen LogP contribution < -0.4 is 10.6 Å². The fourth-order valence-corrected chi connectivity index (χ4v) is 2.60. The van der Waals surface area contributed by atoms with E-state index in [1.165, 1.54) is 0 Å². The number of hydrogen-bond donors (Lipinski definition) is 2. The lowest BCUT2D eigenvalue weighted by Gasteiger charge is -2.23. The first kappa shape index (κ1) is 21.9. The van der Waals surface area contributed by atoms with E-state index in [0.29, 0.717) is 46.1 Å². The zero-order chi connectivity index (χ0) is 17.2. The molecule has 2 rings (SSSR count). The maximum atomic E-state index is 12.2. The molecule has 0 aliphatic carbocycles. The Morgan fingerprint density at radius 1 is 1.36 bits per heavy atom. The van der Waals surface area contributed by atoms with Gasteiger partial charge in [-0.15, -0.1) is 12.4 Å². The van der Waals surface area contributed by atoms with E-state index in [9.17, 15) is 4.79 Å². The standard InChI is InChI=1S/C18H28N2O4.ClH/c1-3-22-9-10-24-12-15-5-4-6-17(14(15)2)20-18(21)11-16-13-23-8-7-19-16;/h4-6,16,19H,3,7-13H2,1-2H3,(H,20,21);1H. The highest BCUT2D eigenvalue weighted by atomic mass is 35.5. The molecule has 1 amide bonds. The fourth-order valence-electron chi connectivity index (χ4n) is 2.60. The molecule has 1 aliphatic rings. The van der Waals surface area contributed by atoms with Crippen molar-refractivity contribution >= 4 is 24.0 Å². The molecule has 0 aromatic heterocycles. The molecule has 1 fully saturated rings. The van der Waals surface area contributed by atoms with Crippen LogP contribution in [0.3, 0.4) is 0 Å². The van der Waals surface area contributed by atoms with Crippen molar-refractivity contribution < 1.29 is 19.0 Å². The molecule has 0 spiro atoms. The van der Waals surface area contributed by atoms with Gasteiger partial charge in [0.15, 0.2) is 0 Å². The Kier molecular flexibility index (Phi) is 10.7. The zero-order valence-electron chi connectivity index (χ0n) is 15.0. The minimum Gasteiger partial charge on any atom is -0.379 e. The first-order chi connectivity index (χ1) is 11.7. The second-order valence-electron chi connectivity index (χ2n) is 5.82. The van der Waals surface area contributed by atoms with Gasteiger partial charge < -0.3 is 24.8 Å². The monoisotopic (exact) mass is 372 g/mol. The molecule has 2 N–H and O–H groups in total. The Labute approximate surface area is 156 Å². The molecule has 25 heavy (non-hydrogen) atoms. The van der Waals surface area contributed by atoms with E-state index >= 15 is 0 Å². The summed E-state index contributed by atoms with van der Waals surface area (Å²) in [7, 11) is 0. The van der Waals surface area contributed by atoms with E-state index in [-0.39, 0.29) is 24.4 Å². The molecular weight excluding hydrogens is 344 g/mol. The minimum atomic E-state index is -0.00415. The van der Waals surface area contributed by atoms with Crippen molar-refractivity contribution in [1.29, 1.82) is 0 Å². The molecule has 7 heteroatoms. The van der Waals surface area contributed by atoms with Crippen LogP contribution in [0.1, 0.15) is 24.5 Å². The van der Waals surface area contributed by atoms with Gasteiger partial charge in [-0.2, -0.15) is 0 Å². The van der Waals surface area contributed by atoms with Gasteiger partial charge in [0.05, 0.1) is 33.0 Å². The van der Waals surface area contributed by atoms with Crippen LogP contribution >= 0.6 is 12.4 Å². The van der Waals surface area contributed by atoms with Gasteiger partial charge in [-0.1, -0.05) is 12.1 Å². The van der Waals surface area contributed by atoms with Gasteiger partial charge >= 0.3 is 0 Å². The summed E-state index contributed by atoms with van der Waals surface area (Å²) in [5.74, 6) is -0.00415. The predicted octanol–water partition coefficient (Wildman–Crippen LogP) is 2.29. The lowest BCUT2D eigenvalue weighted by atomic mass is 10.1. The van der Waals surface area contributed by atoms with Crippen molar-refractivity contribution in [1.82, 2.24) is 5.32 Å². The van der Waals surface area contributed by atoms with Crippen LogP contribution in [0.15, 0.2) is 18.2 Å². The molecule has 0 radical (unpaired) electrons. The first-order valence-electron chi connectivity index (χ1n) is 8.55. The lowest BCUT2D eigenvalue weighted by Crippen LogP contribution is -2.43. The molecule has 1 aromatic carbocycles. The van der Waals surface area contributed by atoms with Gasteiger partial charge in [-0.25, -0.2) is 0 Å². The van der Waals surface area contributed by atoms with Crippen LogP contribution in [0.5, 0.6) is 0 Å². The summed E-state index contributed by atoms with van der Waals surface area (Å²) < 4.78 is 16.3. The molecule has 6 nitrogen and oxygen atoms in total. The van der Waals surface area contributed by atoms with Gasteiger partial charge in [0, 0.05) is 31.3 Å². The number of morpholine rings is 1. The summed E-state index contributed by atoms with van der Waals surface area (Å²) in [5, 5.41) is 6.28. The van der Waals surface area contributed by atoms with E-state index in [1.54, 1.807) is 0 Å². The first-order valence-corrected chi connectivity index (χ1v) is 8.55. The van der Waals surface area contributed by atoms with Gasteiger partial charge in [0.1, 0.15) is 0 Å². The normalized spacial score (nSPS) is 17.0. The van der Waals surface area contributed by atoms with Crippen LogP contribution in [0.4, 0.5) is 5.69 Å². The third-order valence-electron chi connectivity index (χ3n) is 3.98. The number of benzene rings is 1. The maximum absolute atomic E-state index is 12.2. The number of nitrogens with one attached hydrogen (secondary N) is 2. The summed E-state index contributed by atoms with van der Waals surface area (Å²) in [6, 6.07) is 5.96. The molecular formula is C18H29ClN2O4. The van der Waals surface area contributed by atoms with Crippen LogP contribution in [-0.2, 0) is 25.6 Å². The van der Waals surface area contributed by atoms with Crippen LogP contribution in [-0.4, -0.2) is 51.5 Å². The molecule has 1 heterocycles. The van der Waals surface area contributed by atoms with Crippen molar-refractivity contribution in [3.63, 3.8) is 0 Å². The van der Waals surface area contributed by atoms with Crippen molar-refractivity contribution in [2.45, 2.75) is 32.9 Å². The van der Waals surface area contributed by atoms with Crippen molar-refractivity contribution in [3.05, 3.63) is 29.3 Å². The van der Waals surface area contributed by atoms with E-state index in [1.807, 2.05) is 32.0 Å². The SMILES string of the molecule is CCOCCOCc1cccc(NC(=O)CC2COCCN2)c1C.Cl. The summed E-state index contributed by atoms with van der Waals surface area (Å²) in [6.07, 6.45) is 0.411. The molecule has 0 saturated carbocycles. The van der Waals surface area contributed by atoms with Gasteiger partial charge in [0.2, 0.25) is 5.91 Å². The third kappa shape index (κ3) is 7.71. The van der Waals surface area contributed by atoms with Crippen molar-refractivity contribution in [2.24, 2.45) is 0 Å². The second-order valence-corrected chi connectivity index (χ2v) is 5.82. The average Bonchev–Trinajstić information content (AvgIpc) is 2.58. The Hall–Kier alpha value is -1.18. The van der Waals surface area contributed by atoms with E-state index < -0.39 is 0 Å². The van der Waals surface area contributed by atoms with Gasteiger partial charge in [-0.05, 0) is 31.0 Å². The summed E-state index contributed by atoms with van der Waals surface area (Å²) in [4.78, 5) is 12.2. The van der Waals surface area contributed by atoms with Crippen LogP contribution in [0, 0.1) is 6.92 Å². The fraction of sp³-hybridized carbons (Fsp3) is 0.611. The van der Waals surface area contributed by atoms with Crippen LogP contribution in [0.2, 0.25) is 0 Å². The summed E-state index contributed by atoms with van der Waals surface area (Å²) >= 11 is 0. The van der Waals surface area contributed by atoms with E-state index in [4.69, 9.17) is 14.2 Å². The van der Waals surface area contributed by atoms with Crippen LogP contribution in [0.25, 0.3) is 0 Å². The topological polar surface area (TPSA) is 68.8 Å². The smallest absolute Gasteiger partial charge is 0.226 e. The molecule has 1 unspecified atom stereocenters. The maximum Gasteiger partial charge on any atom is 0.226 e. The summed E-state index contributed by atoms with van der Waals surface area (Å²) in [6.45, 7) is 8.43. The lowest BCUT2D eigenvalue weighted by molar-refractivity contribution is -0.117. The predicted molar refractivity (Wildman–Crippen MR) is 100 cm³/mol. The number of amides is 1. The highest BCUT2D eigenvalue weighted by molar-refractivity contribution is 5.92. The van der Waals surface area contributed by atoms with Crippen molar-refractivity contribution in [2.75, 3.05) is 44.9 Å². The second kappa shape index (κ2) is 12.2. The molecule has 0 bridgehead atoms. The minimum absolute atomic E-state index is 0. The number of halogens is 1. The number of hydrogen-bond acceptors (Lipinski definition) is 5. The Bertz CT molecular complexity index is 522. The number of carbonyl (C=O) groups is 1. The number of carbonyl (C=O) groups excluding carboxylic acids is 1. The van der Waals surface area contributed by atoms with E-state index in [0.717, 1.165) is 23.4 Å². The van der Waals surface area contributed by atoms with Crippen molar-refractivity contribution in [3.8, 4) is 0 Å².